The van der Waals surface area contributed by atoms with Gasteiger partial charge in [-0.05, 0) is 24.3 Å². The average Bonchev–Trinajstić information content (AvgIpc) is 3.11. The lowest BCUT2D eigenvalue weighted by molar-refractivity contribution is 0.417. The SMILES string of the molecule is COc1ccccc1N/C(=N\c1nc2ccccc2s1)c1ccccc1. The summed E-state index contributed by atoms with van der Waals surface area (Å²) < 4.78 is 6.57. The Morgan fingerprint density at radius 2 is 1.65 bits per heavy atom. The number of para-hydroxylation sites is 3. The number of nitrogens with one attached hydrogen (secondary N) is 1. The fraction of sp³-hybridized carbons (Fsp3) is 0.0476. The van der Waals surface area contributed by atoms with Crippen LogP contribution in [-0.4, -0.2) is 17.9 Å². The summed E-state index contributed by atoms with van der Waals surface area (Å²) in [7, 11) is 1.66. The van der Waals surface area contributed by atoms with E-state index >= 15 is 0 Å². The Balaban J connectivity index is 1.78. The van der Waals surface area contributed by atoms with Gasteiger partial charge in [0.15, 0.2) is 0 Å². The van der Waals surface area contributed by atoms with Crippen molar-refractivity contribution < 1.29 is 4.74 Å². The number of rotatable bonds is 4. The van der Waals surface area contributed by atoms with Gasteiger partial charge in [0.25, 0.3) is 0 Å². The lowest BCUT2D eigenvalue weighted by Crippen LogP contribution is -2.14. The predicted molar refractivity (Wildman–Crippen MR) is 109 cm³/mol. The average molecular weight is 359 g/mol. The van der Waals surface area contributed by atoms with Crippen molar-refractivity contribution in [2.45, 2.75) is 0 Å². The molecular weight excluding hydrogens is 342 g/mol. The minimum Gasteiger partial charge on any atom is -0.495 e. The number of aromatic nitrogens is 1. The number of hydrogen-bond acceptors (Lipinski definition) is 4. The monoisotopic (exact) mass is 359 g/mol. The van der Waals surface area contributed by atoms with Gasteiger partial charge in [-0.15, -0.1) is 0 Å². The molecule has 26 heavy (non-hydrogen) atoms. The van der Waals surface area contributed by atoms with E-state index in [-0.39, 0.29) is 0 Å². The van der Waals surface area contributed by atoms with E-state index in [2.05, 4.69) is 16.4 Å². The Hall–Kier alpha value is -3.18. The number of aliphatic imine (C=N–C) groups is 1. The number of anilines is 1. The first-order valence-electron chi connectivity index (χ1n) is 8.23. The largest absolute Gasteiger partial charge is 0.495 e. The molecule has 0 bridgehead atoms. The van der Waals surface area contributed by atoms with Crippen LogP contribution in [0.25, 0.3) is 10.2 Å². The van der Waals surface area contributed by atoms with Crippen molar-refractivity contribution in [3.63, 3.8) is 0 Å². The van der Waals surface area contributed by atoms with Crippen molar-refractivity contribution in [2.24, 2.45) is 4.99 Å². The molecule has 0 aliphatic heterocycles. The van der Waals surface area contributed by atoms with Crippen LogP contribution in [0.5, 0.6) is 5.75 Å². The number of ether oxygens (including phenoxy) is 1. The molecule has 0 radical (unpaired) electrons. The van der Waals surface area contributed by atoms with Gasteiger partial charge in [0.2, 0.25) is 5.13 Å². The van der Waals surface area contributed by atoms with E-state index in [1.807, 2.05) is 72.8 Å². The van der Waals surface area contributed by atoms with Crippen LogP contribution in [0.1, 0.15) is 5.56 Å². The molecule has 0 aliphatic rings. The minimum atomic E-state index is 0.715. The standard InChI is InChI=1S/C21H17N3OS/c1-25-18-13-7-5-11-16(18)22-20(15-9-3-2-4-10-15)24-21-23-17-12-6-8-14-19(17)26-21/h2-14H,1H3,(H,22,23,24). The molecule has 4 aromatic rings. The fourth-order valence-corrected chi connectivity index (χ4v) is 3.48. The zero-order chi connectivity index (χ0) is 17.8. The third kappa shape index (κ3) is 3.43. The van der Waals surface area contributed by atoms with E-state index in [1.165, 1.54) is 0 Å². The summed E-state index contributed by atoms with van der Waals surface area (Å²) in [5, 5.41) is 4.11. The van der Waals surface area contributed by atoms with E-state index in [9.17, 15) is 0 Å². The van der Waals surface area contributed by atoms with Crippen LogP contribution in [0.2, 0.25) is 0 Å². The molecule has 3 aromatic carbocycles. The maximum atomic E-state index is 5.45. The summed E-state index contributed by atoms with van der Waals surface area (Å²) >= 11 is 1.57. The van der Waals surface area contributed by atoms with Gasteiger partial charge in [0.1, 0.15) is 11.6 Å². The first-order valence-corrected chi connectivity index (χ1v) is 9.05. The summed E-state index contributed by atoms with van der Waals surface area (Å²) in [6, 6.07) is 25.9. The molecular formula is C21H17N3OS. The van der Waals surface area contributed by atoms with Gasteiger partial charge in [-0.25, -0.2) is 9.98 Å². The number of benzene rings is 3. The second-order valence-electron chi connectivity index (χ2n) is 5.62. The third-order valence-electron chi connectivity index (χ3n) is 3.90. The predicted octanol–water partition coefficient (Wildman–Crippen LogP) is 5.50. The molecule has 0 unspecified atom stereocenters. The van der Waals surface area contributed by atoms with Gasteiger partial charge in [0.05, 0.1) is 23.0 Å². The molecule has 0 saturated heterocycles. The summed E-state index contributed by atoms with van der Waals surface area (Å²) in [6.07, 6.45) is 0. The molecule has 0 fully saturated rings. The third-order valence-corrected chi connectivity index (χ3v) is 4.83. The van der Waals surface area contributed by atoms with Crippen LogP contribution in [-0.2, 0) is 0 Å². The molecule has 4 nitrogen and oxygen atoms in total. The van der Waals surface area contributed by atoms with E-state index < -0.39 is 0 Å². The van der Waals surface area contributed by atoms with Gasteiger partial charge in [-0.3, -0.25) is 0 Å². The van der Waals surface area contributed by atoms with Gasteiger partial charge >= 0.3 is 0 Å². The Kier molecular flexibility index (Phi) is 4.62. The molecule has 0 saturated carbocycles. The summed E-state index contributed by atoms with van der Waals surface area (Å²) in [5.41, 5.74) is 2.80. The van der Waals surface area contributed by atoms with Crippen LogP contribution < -0.4 is 10.1 Å². The topological polar surface area (TPSA) is 46.5 Å². The van der Waals surface area contributed by atoms with Gasteiger partial charge < -0.3 is 10.1 Å². The number of fused-ring (bicyclic) bond motifs is 1. The number of amidine groups is 1. The Bertz CT molecular complexity index is 1020. The highest BCUT2D eigenvalue weighted by Gasteiger charge is 2.10. The summed E-state index contributed by atoms with van der Waals surface area (Å²) in [4.78, 5) is 9.42. The maximum absolute atomic E-state index is 5.45. The fourth-order valence-electron chi connectivity index (χ4n) is 2.64. The highest BCUT2D eigenvalue weighted by atomic mass is 32.1. The lowest BCUT2D eigenvalue weighted by atomic mass is 10.2. The molecule has 128 valence electrons. The van der Waals surface area contributed by atoms with Crippen LogP contribution in [0.4, 0.5) is 10.8 Å². The van der Waals surface area contributed by atoms with Gasteiger partial charge in [-0.2, -0.15) is 0 Å². The zero-order valence-corrected chi connectivity index (χ0v) is 15.0. The number of thiazole rings is 1. The first kappa shape index (κ1) is 16.3. The Morgan fingerprint density at radius 1 is 0.923 bits per heavy atom. The second kappa shape index (κ2) is 7.37. The van der Waals surface area contributed by atoms with Crippen molar-refractivity contribution in [3.8, 4) is 5.75 Å². The van der Waals surface area contributed by atoms with E-state index in [0.29, 0.717) is 5.13 Å². The maximum Gasteiger partial charge on any atom is 0.212 e. The quantitative estimate of drug-likeness (QED) is 0.387. The smallest absolute Gasteiger partial charge is 0.212 e. The van der Waals surface area contributed by atoms with E-state index in [4.69, 9.17) is 9.73 Å². The van der Waals surface area contributed by atoms with E-state index in [0.717, 1.165) is 33.1 Å². The summed E-state index contributed by atoms with van der Waals surface area (Å²) in [5.74, 6) is 1.49. The van der Waals surface area contributed by atoms with Crippen molar-refractivity contribution in [1.29, 1.82) is 0 Å². The number of nitrogens with zero attached hydrogens (tertiary/aromatic N) is 2. The number of methoxy groups -OCH3 is 1. The molecule has 0 atom stereocenters. The van der Waals surface area contributed by atoms with Crippen molar-refractivity contribution >= 4 is 38.2 Å². The minimum absolute atomic E-state index is 0.715. The van der Waals surface area contributed by atoms with Crippen LogP contribution in [0, 0.1) is 0 Å². The molecule has 0 aliphatic carbocycles. The molecule has 5 heteroatoms. The molecule has 1 N–H and O–H groups in total. The Morgan fingerprint density at radius 3 is 2.46 bits per heavy atom. The van der Waals surface area contributed by atoms with Crippen molar-refractivity contribution in [3.05, 3.63) is 84.4 Å². The van der Waals surface area contributed by atoms with E-state index in [1.54, 1.807) is 18.4 Å². The molecule has 1 heterocycles. The lowest BCUT2D eigenvalue weighted by Gasteiger charge is -2.13. The van der Waals surface area contributed by atoms with Crippen LogP contribution in [0.3, 0.4) is 0 Å². The Labute approximate surface area is 155 Å². The normalized spacial score (nSPS) is 11.5. The van der Waals surface area contributed by atoms with Crippen molar-refractivity contribution in [1.82, 2.24) is 4.98 Å². The molecule has 4 rings (SSSR count). The van der Waals surface area contributed by atoms with Gasteiger partial charge in [0, 0.05) is 5.56 Å². The molecule has 0 amide bonds. The van der Waals surface area contributed by atoms with Gasteiger partial charge in [-0.1, -0.05) is 65.9 Å². The van der Waals surface area contributed by atoms with Crippen LogP contribution in [0.15, 0.2) is 83.9 Å². The second-order valence-corrected chi connectivity index (χ2v) is 6.62. The highest BCUT2D eigenvalue weighted by Crippen LogP contribution is 2.29. The molecule has 0 spiro atoms. The number of hydrogen-bond donors (Lipinski definition) is 1. The highest BCUT2D eigenvalue weighted by molar-refractivity contribution is 7.22. The zero-order valence-electron chi connectivity index (χ0n) is 14.2. The summed E-state index contributed by atoms with van der Waals surface area (Å²) in [6.45, 7) is 0. The van der Waals surface area contributed by atoms with Crippen molar-refractivity contribution in [2.75, 3.05) is 12.4 Å². The van der Waals surface area contributed by atoms with Crippen LogP contribution >= 0.6 is 11.3 Å². The first-order chi connectivity index (χ1) is 12.8. The molecule has 1 aromatic heterocycles.